The van der Waals surface area contributed by atoms with Gasteiger partial charge in [0, 0.05) is 36.0 Å². The first-order valence-electron chi connectivity index (χ1n) is 11.5. The van der Waals surface area contributed by atoms with Crippen LogP contribution in [-0.2, 0) is 6.54 Å². The van der Waals surface area contributed by atoms with E-state index >= 15 is 0 Å². The second-order valence-electron chi connectivity index (χ2n) is 9.53. The standard InChI is InChI=1S/C24H26N6O3/c1-12(13-2-3-13)29-10-15-6-14(4-5-18(15)24(29)33)20-9-26-22-21(25)28-19(11-30(20)22)23(32)27-16-7-17(31)8-16/h4-6,9,11-13,16-17,31H,2-3,7-8,10H2,1H3,(H2,25,28)(H,27,32)/t12-,16?,17?/m0/s1. The van der Waals surface area contributed by atoms with Crippen molar-refractivity contribution >= 4 is 23.3 Å². The highest BCUT2D eigenvalue weighted by atomic mass is 16.3. The molecule has 1 atom stereocenters. The molecule has 0 saturated heterocycles. The Morgan fingerprint density at radius 3 is 2.82 bits per heavy atom. The first-order chi connectivity index (χ1) is 15.9. The van der Waals surface area contributed by atoms with E-state index in [1.807, 2.05) is 23.1 Å². The Bertz CT molecular complexity index is 1290. The van der Waals surface area contributed by atoms with Gasteiger partial charge in [-0.15, -0.1) is 0 Å². The molecule has 3 aromatic rings. The number of anilines is 1. The van der Waals surface area contributed by atoms with Crippen molar-refractivity contribution in [2.45, 2.75) is 57.3 Å². The quantitative estimate of drug-likeness (QED) is 0.550. The molecule has 2 amide bonds. The molecule has 2 saturated carbocycles. The van der Waals surface area contributed by atoms with E-state index in [2.05, 4.69) is 22.2 Å². The summed E-state index contributed by atoms with van der Waals surface area (Å²) in [5.41, 5.74) is 10.2. The fourth-order valence-electron chi connectivity index (χ4n) is 4.96. The molecule has 9 heteroatoms. The normalized spacial score (nSPS) is 22.8. The molecule has 2 fully saturated rings. The van der Waals surface area contributed by atoms with Crippen LogP contribution < -0.4 is 11.1 Å². The van der Waals surface area contributed by atoms with E-state index in [9.17, 15) is 14.7 Å². The molecule has 6 rings (SSSR count). The molecule has 1 aliphatic heterocycles. The van der Waals surface area contributed by atoms with E-state index in [0.29, 0.717) is 31.0 Å². The van der Waals surface area contributed by atoms with Crippen molar-refractivity contribution in [3.8, 4) is 11.3 Å². The maximum atomic E-state index is 12.9. The van der Waals surface area contributed by atoms with Crippen LogP contribution in [0.25, 0.3) is 16.9 Å². The second-order valence-corrected chi connectivity index (χ2v) is 9.53. The third-order valence-electron chi connectivity index (χ3n) is 7.23. The molecule has 0 radical (unpaired) electrons. The Balaban J connectivity index is 1.32. The summed E-state index contributed by atoms with van der Waals surface area (Å²) in [6.45, 7) is 2.75. The zero-order valence-electron chi connectivity index (χ0n) is 18.4. The molecule has 4 N–H and O–H groups in total. The van der Waals surface area contributed by atoms with Crippen molar-refractivity contribution in [2.24, 2.45) is 5.92 Å². The number of nitrogens with one attached hydrogen (secondary N) is 1. The SMILES string of the molecule is C[C@@H](C1CC1)N1Cc2cc(-c3cnc4c(N)nc(C(=O)NC5CC(O)C5)cn34)ccc2C1=O. The smallest absolute Gasteiger partial charge is 0.271 e. The van der Waals surface area contributed by atoms with Gasteiger partial charge in [-0.05, 0) is 56.2 Å². The molecule has 0 unspecified atom stereocenters. The van der Waals surface area contributed by atoms with Crippen LogP contribution in [0.1, 0.15) is 59.0 Å². The van der Waals surface area contributed by atoms with Crippen LogP contribution in [0, 0.1) is 5.92 Å². The van der Waals surface area contributed by atoms with E-state index in [1.165, 1.54) is 12.8 Å². The number of aromatic nitrogens is 3. The van der Waals surface area contributed by atoms with Crippen LogP contribution in [0.5, 0.6) is 0 Å². The number of nitrogens with zero attached hydrogens (tertiary/aromatic N) is 4. The Morgan fingerprint density at radius 2 is 2.09 bits per heavy atom. The highest BCUT2D eigenvalue weighted by Gasteiger charge is 2.38. The van der Waals surface area contributed by atoms with Crippen LogP contribution >= 0.6 is 0 Å². The Morgan fingerprint density at radius 1 is 1.30 bits per heavy atom. The minimum Gasteiger partial charge on any atom is -0.393 e. The molecule has 0 bridgehead atoms. The van der Waals surface area contributed by atoms with Crippen LogP contribution in [0.4, 0.5) is 5.82 Å². The Hall–Kier alpha value is -3.46. The highest BCUT2D eigenvalue weighted by molar-refractivity contribution is 5.99. The zero-order valence-corrected chi connectivity index (χ0v) is 18.4. The number of aliphatic hydroxyl groups excluding tert-OH is 1. The fraction of sp³-hybridized carbons (Fsp3) is 0.417. The fourth-order valence-corrected chi connectivity index (χ4v) is 4.96. The number of nitrogens with two attached hydrogens (primary N) is 1. The van der Waals surface area contributed by atoms with Gasteiger partial charge in [0.05, 0.1) is 18.0 Å². The molecule has 170 valence electrons. The van der Waals surface area contributed by atoms with Gasteiger partial charge in [-0.3, -0.25) is 14.0 Å². The predicted molar refractivity (Wildman–Crippen MR) is 121 cm³/mol. The van der Waals surface area contributed by atoms with E-state index in [0.717, 1.165) is 22.4 Å². The summed E-state index contributed by atoms with van der Waals surface area (Å²) in [4.78, 5) is 36.2. The maximum Gasteiger partial charge on any atom is 0.271 e. The summed E-state index contributed by atoms with van der Waals surface area (Å²) >= 11 is 0. The van der Waals surface area contributed by atoms with Crippen LogP contribution in [0.2, 0.25) is 0 Å². The number of imidazole rings is 1. The predicted octanol–water partition coefficient (Wildman–Crippen LogP) is 1.99. The number of benzene rings is 1. The average molecular weight is 447 g/mol. The summed E-state index contributed by atoms with van der Waals surface area (Å²) in [5.74, 6) is 0.556. The minimum absolute atomic E-state index is 0.0521. The van der Waals surface area contributed by atoms with Gasteiger partial charge in [-0.2, -0.15) is 0 Å². The molecule has 9 nitrogen and oxygen atoms in total. The molecule has 2 aliphatic carbocycles. The summed E-state index contributed by atoms with van der Waals surface area (Å²) in [5, 5.41) is 12.3. The number of aliphatic hydroxyl groups is 1. The Kier molecular flexibility index (Phi) is 4.45. The maximum absolute atomic E-state index is 12.9. The molecule has 3 heterocycles. The molecule has 1 aromatic carbocycles. The van der Waals surface area contributed by atoms with Crippen molar-refractivity contribution in [1.29, 1.82) is 0 Å². The lowest BCUT2D eigenvalue weighted by molar-refractivity contribution is 0.0560. The molecule has 0 spiro atoms. The highest BCUT2D eigenvalue weighted by Crippen LogP contribution is 2.39. The summed E-state index contributed by atoms with van der Waals surface area (Å²) in [6, 6.07) is 6.03. The lowest BCUT2D eigenvalue weighted by Crippen LogP contribution is -2.47. The van der Waals surface area contributed by atoms with Gasteiger partial charge < -0.3 is 21.1 Å². The first-order valence-corrected chi connectivity index (χ1v) is 11.5. The number of hydrogen-bond acceptors (Lipinski definition) is 6. The number of rotatable bonds is 5. The van der Waals surface area contributed by atoms with Gasteiger partial charge in [0.25, 0.3) is 11.8 Å². The van der Waals surface area contributed by atoms with Crippen molar-refractivity contribution in [3.05, 3.63) is 47.4 Å². The third kappa shape index (κ3) is 3.34. The van der Waals surface area contributed by atoms with Crippen molar-refractivity contribution in [1.82, 2.24) is 24.6 Å². The summed E-state index contributed by atoms with van der Waals surface area (Å²) < 4.78 is 1.77. The van der Waals surface area contributed by atoms with E-state index in [1.54, 1.807) is 16.8 Å². The average Bonchev–Trinajstić information content (AvgIpc) is 3.46. The topological polar surface area (TPSA) is 126 Å². The number of hydrogen-bond donors (Lipinski definition) is 3. The van der Waals surface area contributed by atoms with Gasteiger partial charge in [0.1, 0.15) is 5.69 Å². The summed E-state index contributed by atoms with van der Waals surface area (Å²) in [7, 11) is 0. The van der Waals surface area contributed by atoms with Crippen LogP contribution in [0.3, 0.4) is 0 Å². The number of nitrogen functional groups attached to an aromatic ring is 1. The third-order valence-corrected chi connectivity index (χ3v) is 7.23. The van der Waals surface area contributed by atoms with Crippen LogP contribution in [0.15, 0.2) is 30.6 Å². The van der Waals surface area contributed by atoms with Gasteiger partial charge in [-0.1, -0.05) is 6.07 Å². The van der Waals surface area contributed by atoms with Crippen molar-refractivity contribution in [2.75, 3.05) is 5.73 Å². The molecule has 2 aromatic heterocycles. The Labute approximate surface area is 190 Å². The lowest BCUT2D eigenvalue weighted by atomic mass is 9.89. The van der Waals surface area contributed by atoms with E-state index in [-0.39, 0.29) is 41.5 Å². The minimum atomic E-state index is -0.356. The van der Waals surface area contributed by atoms with Gasteiger partial charge in [0.2, 0.25) is 0 Å². The number of fused-ring (bicyclic) bond motifs is 2. The molecular formula is C24H26N6O3. The zero-order chi connectivity index (χ0) is 22.9. The number of carbonyl (C=O) groups excluding carboxylic acids is 2. The summed E-state index contributed by atoms with van der Waals surface area (Å²) in [6.07, 6.45) is 6.47. The van der Waals surface area contributed by atoms with E-state index in [4.69, 9.17) is 5.73 Å². The lowest BCUT2D eigenvalue weighted by Gasteiger charge is -2.31. The molecular weight excluding hydrogens is 420 g/mol. The van der Waals surface area contributed by atoms with Gasteiger partial charge in [0.15, 0.2) is 11.5 Å². The molecule has 33 heavy (non-hydrogen) atoms. The van der Waals surface area contributed by atoms with Crippen molar-refractivity contribution in [3.63, 3.8) is 0 Å². The van der Waals surface area contributed by atoms with Crippen molar-refractivity contribution < 1.29 is 14.7 Å². The molecule has 3 aliphatic rings. The van der Waals surface area contributed by atoms with Gasteiger partial charge >= 0.3 is 0 Å². The number of amides is 2. The van der Waals surface area contributed by atoms with Crippen LogP contribution in [-0.4, -0.2) is 54.4 Å². The van der Waals surface area contributed by atoms with E-state index < -0.39 is 0 Å². The monoisotopic (exact) mass is 446 g/mol. The first kappa shape index (κ1) is 20.2. The number of carbonyl (C=O) groups is 2. The second kappa shape index (κ2) is 7.28. The van der Waals surface area contributed by atoms with Gasteiger partial charge in [-0.25, -0.2) is 9.97 Å². The largest absolute Gasteiger partial charge is 0.393 e.